The smallest absolute Gasteiger partial charge is 0.209 e. The first kappa shape index (κ1) is 13.6. The molecule has 0 aliphatic heterocycles. The molecule has 1 rings (SSSR count). The highest BCUT2D eigenvalue weighted by Crippen LogP contribution is 2.22. The van der Waals surface area contributed by atoms with Crippen LogP contribution in [0.25, 0.3) is 0 Å². The predicted octanol–water partition coefficient (Wildman–Crippen LogP) is 2.82. The van der Waals surface area contributed by atoms with Gasteiger partial charge in [-0.15, -0.1) is 0 Å². The van der Waals surface area contributed by atoms with Crippen LogP contribution in [0.1, 0.15) is 31.9 Å². The van der Waals surface area contributed by atoms with E-state index < -0.39 is 0 Å². The van der Waals surface area contributed by atoms with Gasteiger partial charge in [0.05, 0.1) is 6.04 Å². The van der Waals surface area contributed by atoms with Crippen LogP contribution in [0.15, 0.2) is 24.3 Å². The molecular formula is C13H18INO. The minimum Gasteiger partial charge on any atom is -0.321 e. The fourth-order valence-electron chi connectivity index (χ4n) is 1.48. The molecule has 1 atom stereocenters. The van der Waals surface area contributed by atoms with Crippen molar-refractivity contribution in [1.82, 2.24) is 0 Å². The second kappa shape index (κ2) is 5.27. The second-order valence-electron chi connectivity index (χ2n) is 5.06. The van der Waals surface area contributed by atoms with Crippen molar-refractivity contribution in [3.8, 4) is 0 Å². The topological polar surface area (TPSA) is 43.1 Å². The van der Waals surface area contributed by atoms with Gasteiger partial charge < -0.3 is 5.73 Å². The van der Waals surface area contributed by atoms with E-state index in [0.717, 1.165) is 5.56 Å². The van der Waals surface area contributed by atoms with E-state index in [-0.39, 0.29) is 15.2 Å². The summed E-state index contributed by atoms with van der Waals surface area (Å²) in [5.74, 6) is 0. The standard InChI is InChI=1S/C13H18INO/c1-13(2,3)10-6-4-9(5-7-10)8-11(15)12(14)16/h4-7,11H,8,15H2,1-3H3/t11-/m1/s1. The van der Waals surface area contributed by atoms with Crippen LogP contribution in [0, 0.1) is 0 Å². The zero-order chi connectivity index (χ0) is 12.3. The van der Waals surface area contributed by atoms with E-state index in [1.165, 1.54) is 5.56 Å². The van der Waals surface area contributed by atoms with E-state index in [9.17, 15) is 4.79 Å². The van der Waals surface area contributed by atoms with Gasteiger partial charge in [-0.2, -0.15) is 0 Å². The molecule has 1 aromatic carbocycles. The number of carbonyl (C=O) groups is 1. The minimum atomic E-state index is -0.388. The molecule has 0 aliphatic carbocycles. The third-order valence-corrected chi connectivity index (χ3v) is 3.37. The summed E-state index contributed by atoms with van der Waals surface area (Å²) in [6.07, 6.45) is 0.617. The number of benzene rings is 1. The van der Waals surface area contributed by atoms with Crippen molar-refractivity contribution in [3.63, 3.8) is 0 Å². The first-order valence-corrected chi connectivity index (χ1v) is 6.43. The molecule has 3 heteroatoms. The maximum Gasteiger partial charge on any atom is 0.209 e. The molecule has 0 heterocycles. The zero-order valence-electron chi connectivity index (χ0n) is 9.96. The highest BCUT2D eigenvalue weighted by atomic mass is 127. The van der Waals surface area contributed by atoms with E-state index in [1.807, 2.05) is 0 Å². The van der Waals surface area contributed by atoms with E-state index in [4.69, 9.17) is 5.73 Å². The van der Waals surface area contributed by atoms with Gasteiger partial charge in [-0.25, -0.2) is 0 Å². The molecule has 0 saturated heterocycles. The van der Waals surface area contributed by atoms with Gasteiger partial charge in [-0.3, -0.25) is 4.79 Å². The SMILES string of the molecule is CC(C)(C)c1ccc(C[C@@H](N)C(=O)I)cc1. The van der Waals surface area contributed by atoms with Gasteiger partial charge in [0.15, 0.2) is 0 Å². The molecule has 0 amide bonds. The van der Waals surface area contributed by atoms with Gasteiger partial charge in [-0.05, 0) is 23.0 Å². The van der Waals surface area contributed by atoms with Gasteiger partial charge in [0.1, 0.15) is 0 Å². The van der Waals surface area contributed by atoms with Crippen LogP contribution in [0.3, 0.4) is 0 Å². The summed E-state index contributed by atoms with van der Waals surface area (Å²) in [5, 5.41) is 0. The normalized spacial score (nSPS) is 13.6. The van der Waals surface area contributed by atoms with E-state index in [1.54, 1.807) is 22.6 Å². The van der Waals surface area contributed by atoms with Crippen molar-refractivity contribution >= 4 is 26.4 Å². The summed E-state index contributed by atoms with van der Waals surface area (Å²) in [6, 6.07) is 7.94. The third kappa shape index (κ3) is 3.87. The fraction of sp³-hybridized carbons (Fsp3) is 0.462. The number of nitrogens with two attached hydrogens (primary N) is 1. The van der Waals surface area contributed by atoms with Crippen molar-refractivity contribution < 1.29 is 4.79 Å². The first-order valence-electron chi connectivity index (χ1n) is 5.35. The molecule has 0 bridgehead atoms. The number of rotatable bonds is 3. The van der Waals surface area contributed by atoms with E-state index >= 15 is 0 Å². The number of halogens is 1. The van der Waals surface area contributed by atoms with Crippen LogP contribution in [-0.4, -0.2) is 9.83 Å². The maximum atomic E-state index is 11.0. The van der Waals surface area contributed by atoms with Crippen molar-refractivity contribution in [2.45, 2.75) is 38.6 Å². The second-order valence-corrected chi connectivity index (χ2v) is 6.12. The Labute approximate surface area is 111 Å². The zero-order valence-corrected chi connectivity index (χ0v) is 12.1. The van der Waals surface area contributed by atoms with Gasteiger partial charge in [0.25, 0.3) is 0 Å². The molecule has 0 unspecified atom stereocenters. The molecule has 0 aromatic heterocycles. The molecule has 0 saturated carbocycles. The molecular weight excluding hydrogens is 313 g/mol. The molecule has 2 N–H and O–H groups in total. The summed E-state index contributed by atoms with van der Waals surface area (Å²) in [5.41, 5.74) is 8.29. The van der Waals surface area contributed by atoms with Crippen molar-refractivity contribution in [2.24, 2.45) is 5.73 Å². The maximum absolute atomic E-state index is 11.0. The van der Waals surface area contributed by atoms with Crippen LogP contribution >= 0.6 is 22.6 Å². The van der Waals surface area contributed by atoms with Crippen LogP contribution in [0.2, 0.25) is 0 Å². The molecule has 0 spiro atoms. The molecule has 88 valence electrons. The van der Waals surface area contributed by atoms with Gasteiger partial charge in [-0.1, -0.05) is 45.0 Å². The Bertz CT molecular complexity index is 365. The fourth-order valence-corrected chi connectivity index (χ4v) is 1.70. The Hall–Kier alpha value is -0.420. The lowest BCUT2D eigenvalue weighted by atomic mass is 9.86. The molecule has 0 radical (unpaired) electrons. The quantitative estimate of drug-likeness (QED) is 0.684. The molecule has 2 nitrogen and oxygen atoms in total. The Kier molecular flexibility index (Phi) is 4.50. The lowest BCUT2D eigenvalue weighted by molar-refractivity contribution is -0.110. The van der Waals surface area contributed by atoms with Crippen molar-refractivity contribution in [1.29, 1.82) is 0 Å². The summed E-state index contributed by atoms with van der Waals surface area (Å²) >= 11 is 1.75. The lowest BCUT2D eigenvalue weighted by Gasteiger charge is -2.19. The monoisotopic (exact) mass is 331 g/mol. The molecule has 0 aliphatic rings. The summed E-state index contributed by atoms with van der Waals surface area (Å²) in [7, 11) is 0. The molecule has 16 heavy (non-hydrogen) atoms. The Morgan fingerprint density at radius 2 is 1.81 bits per heavy atom. The van der Waals surface area contributed by atoms with Crippen molar-refractivity contribution in [3.05, 3.63) is 35.4 Å². The van der Waals surface area contributed by atoms with Gasteiger partial charge >= 0.3 is 0 Å². The third-order valence-electron chi connectivity index (χ3n) is 2.57. The average molecular weight is 331 g/mol. The van der Waals surface area contributed by atoms with Crippen molar-refractivity contribution in [2.75, 3.05) is 0 Å². The van der Waals surface area contributed by atoms with E-state index in [2.05, 4.69) is 45.0 Å². The Morgan fingerprint density at radius 3 is 2.19 bits per heavy atom. The Balaban J connectivity index is 2.76. The van der Waals surface area contributed by atoms with E-state index in [0.29, 0.717) is 6.42 Å². The summed E-state index contributed by atoms with van der Waals surface area (Å²) < 4.78 is 0.0116. The lowest BCUT2D eigenvalue weighted by Crippen LogP contribution is -2.28. The molecule has 1 aromatic rings. The summed E-state index contributed by atoms with van der Waals surface area (Å²) in [6.45, 7) is 6.55. The number of hydrogen-bond acceptors (Lipinski definition) is 2. The summed E-state index contributed by atoms with van der Waals surface area (Å²) in [4.78, 5) is 11.0. The first-order chi connectivity index (χ1) is 7.30. The van der Waals surface area contributed by atoms with Gasteiger partial charge in [0.2, 0.25) is 3.79 Å². The van der Waals surface area contributed by atoms with Gasteiger partial charge in [0, 0.05) is 22.6 Å². The van der Waals surface area contributed by atoms with Crippen LogP contribution in [0.4, 0.5) is 0 Å². The predicted molar refractivity (Wildman–Crippen MR) is 75.8 cm³/mol. The van der Waals surface area contributed by atoms with Crippen LogP contribution in [0.5, 0.6) is 0 Å². The Morgan fingerprint density at radius 1 is 1.31 bits per heavy atom. The average Bonchev–Trinajstić information content (AvgIpc) is 2.17. The number of hydrogen-bond donors (Lipinski definition) is 1. The van der Waals surface area contributed by atoms with Crippen LogP contribution < -0.4 is 5.73 Å². The molecule has 0 fully saturated rings. The number of carbonyl (C=O) groups excluding carboxylic acids is 1. The largest absolute Gasteiger partial charge is 0.321 e. The van der Waals surface area contributed by atoms with Crippen LogP contribution in [-0.2, 0) is 16.6 Å². The highest BCUT2D eigenvalue weighted by molar-refractivity contribution is 14.1. The minimum absolute atomic E-state index is 0.0116. The highest BCUT2D eigenvalue weighted by Gasteiger charge is 2.14.